The number of rotatable bonds is 0. The number of hydrogen-bond acceptors (Lipinski definition) is 1. The molecule has 4 heteroatoms. The van der Waals surface area contributed by atoms with E-state index in [1.54, 1.807) is 0 Å². The van der Waals surface area contributed by atoms with Crippen LogP contribution < -0.4 is 0 Å². The Morgan fingerprint density at radius 1 is 0.500 bits per heavy atom. The van der Waals surface area contributed by atoms with Gasteiger partial charge in [-0.2, -0.15) is 0 Å². The molecular weight excluding hydrogens is 145 g/mol. The molecule has 0 aliphatic rings. The minimum atomic E-state index is 0. The lowest BCUT2D eigenvalue weighted by Gasteiger charge is -1.21. The second-order valence-electron chi connectivity index (χ2n) is 0. The maximum Gasteiger partial charge on any atom is 0.0319 e. The summed E-state index contributed by atoms with van der Waals surface area (Å²) in [5, 5.41) is 7.00. The van der Waals surface area contributed by atoms with Crippen molar-refractivity contribution in [2.45, 2.75) is 49.0 Å². The molecule has 1 N–H and O–H groups in total. The van der Waals surface area contributed by atoms with Crippen molar-refractivity contribution in [3.63, 3.8) is 0 Å². The molecule has 0 rings (SSSR count). The summed E-state index contributed by atoms with van der Waals surface area (Å²) in [6.45, 7) is 12.0. The summed E-state index contributed by atoms with van der Waals surface area (Å²) >= 11 is 0. The average Bonchev–Trinajstić information content (AvgIpc) is 2.03. The van der Waals surface area contributed by atoms with Gasteiger partial charge < -0.3 is 5.11 Å². The van der Waals surface area contributed by atoms with Gasteiger partial charge in [0.2, 0.25) is 0 Å². The summed E-state index contributed by atoms with van der Waals surface area (Å²) in [7, 11) is 1.00. The molecule has 73 valence electrons. The van der Waals surface area contributed by atoms with Crippen LogP contribution in [0.4, 0.5) is 0 Å². The summed E-state index contributed by atoms with van der Waals surface area (Å²) in [6.07, 6.45) is 0. The van der Waals surface area contributed by atoms with Gasteiger partial charge in [-0.1, -0.05) is 49.0 Å². The molecule has 0 amide bonds. The van der Waals surface area contributed by atoms with Gasteiger partial charge in [-0.15, -0.1) is 0 Å². The third kappa shape index (κ3) is 35500. The second-order valence-corrected chi connectivity index (χ2v) is 0. The Morgan fingerprint density at radius 2 is 0.500 bits per heavy atom. The molecule has 0 spiro atoms. The quantitative estimate of drug-likeness (QED) is 0.553. The fraction of sp³-hybridized carbons (Fsp3) is 1.00. The van der Waals surface area contributed by atoms with Crippen LogP contribution >= 0.6 is 0 Å². The van der Waals surface area contributed by atoms with Crippen LogP contribution in [0.15, 0.2) is 0 Å². The maximum atomic E-state index is 7.00. The Hall–Kier alpha value is 0.155. The van der Waals surface area contributed by atoms with Gasteiger partial charge in [-0.3, -0.25) is 0 Å². The van der Waals surface area contributed by atoms with Crippen LogP contribution in [0.3, 0.4) is 0 Å². The van der Waals surface area contributed by atoms with Gasteiger partial charge in [0.25, 0.3) is 0 Å². The number of aliphatic hydroxyl groups is 1. The van der Waals surface area contributed by atoms with E-state index in [2.05, 4.69) is 0 Å². The van der Waals surface area contributed by atoms with E-state index < -0.39 is 0 Å². The van der Waals surface area contributed by atoms with Crippen molar-refractivity contribution < 1.29 is 5.11 Å². The van der Waals surface area contributed by atoms with Gasteiger partial charge in [-0.25, -0.2) is 0 Å². The highest BCUT2D eigenvalue weighted by Crippen LogP contribution is 1.15. The molecular formula is C8H26B3O. The summed E-state index contributed by atoms with van der Waals surface area (Å²) in [5.41, 5.74) is 0. The first kappa shape index (κ1) is 87.6. The minimum absolute atomic E-state index is 0. The summed E-state index contributed by atoms with van der Waals surface area (Å²) < 4.78 is 0. The Balaban J connectivity index is -0.00000000267. The standard InChI is InChI=1S/3C2H6.CH4O.CH4.3B/c4*1-2;;;;/h3*1-2H3;2H,1H3;1H4;;;. The van der Waals surface area contributed by atoms with Gasteiger partial charge >= 0.3 is 0 Å². The molecule has 0 heterocycles. The smallest absolute Gasteiger partial charge is 0.0319 e. The Labute approximate surface area is 87.1 Å². The predicted octanol–water partition coefficient (Wildman–Crippen LogP) is 2.18. The van der Waals surface area contributed by atoms with E-state index in [0.29, 0.717) is 0 Å². The average molecular weight is 171 g/mol. The molecule has 0 fully saturated rings. The molecule has 0 bridgehead atoms. The third-order valence-corrected chi connectivity index (χ3v) is 0. The second kappa shape index (κ2) is 48000. The molecule has 0 aromatic carbocycles. The molecule has 0 aromatic rings. The Morgan fingerprint density at radius 3 is 0.500 bits per heavy atom. The topological polar surface area (TPSA) is 20.2 Å². The van der Waals surface area contributed by atoms with E-state index in [1.165, 1.54) is 0 Å². The fourth-order valence-electron chi connectivity index (χ4n) is 0. The van der Waals surface area contributed by atoms with E-state index in [9.17, 15) is 0 Å². The van der Waals surface area contributed by atoms with Crippen LogP contribution in [0.1, 0.15) is 49.0 Å². The lowest BCUT2D eigenvalue weighted by molar-refractivity contribution is 0.399. The minimum Gasteiger partial charge on any atom is -0.400 e. The maximum absolute atomic E-state index is 7.00. The van der Waals surface area contributed by atoms with Crippen molar-refractivity contribution in [3.8, 4) is 0 Å². The monoisotopic (exact) mass is 171 g/mol. The molecule has 0 aliphatic heterocycles. The highest BCUT2D eigenvalue weighted by Gasteiger charge is 0.936. The Bertz CT molecular complexity index is 14.3. The highest BCUT2D eigenvalue weighted by atomic mass is 16.2. The largest absolute Gasteiger partial charge is 0.400 e. The van der Waals surface area contributed by atoms with Crippen molar-refractivity contribution in [2.75, 3.05) is 7.11 Å². The van der Waals surface area contributed by atoms with Crippen molar-refractivity contribution >= 4 is 25.2 Å². The number of hydrogen-bond donors (Lipinski definition) is 1. The lowest BCUT2D eigenvalue weighted by atomic mass is 10.8. The van der Waals surface area contributed by atoms with E-state index in [0.717, 1.165) is 7.11 Å². The van der Waals surface area contributed by atoms with E-state index in [-0.39, 0.29) is 32.7 Å². The molecule has 0 unspecified atom stereocenters. The van der Waals surface area contributed by atoms with Crippen LogP contribution in [-0.2, 0) is 0 Å². The summed E-state index contributed by atoms with van der Waals surface area (Å²) in [4.78, 5) is 0. The van der Waals surface area contributed by atoms with E-state index in [1.807, 2.05) is 41.5 Å². The van der Waals surface area contributed by atoms with Gasteiger partial charge in [0.15, 0.2) is 0 Å². The summed E-state index contributed by atoms with van der Waals surface area (Å²) in [6, 6.07) is 0. The first-order valence-electron chi connectivity index (χ1n) is 3.45. The third-order valence-electron chi connectivity index (χ3n) is 0. The van der Waals surface area contributed by atoms with Crippen LogP contribution in [0.2, 0.25) is 0 Å². The molecule has 0 aromatic heterocycles. The number of aliphatic hydroxyl groups excluding tert-OH is 1. The van der Waals surface area contributed by atoms with Gasteiger partial charge in [0, 0.05) is 32.3 Å². The molecule has 9 radical (unpaired) electrons. The predicted molar refractivity (Wildman–Crippen MR) is 66.2 cm³/mol. The normalized spacial score (nSPS) is 2.00. The van der Waals surface area contributed by atoms with Gasteiger partial charge in [-0.05, 0) is 0 Å². The van der Waals surface area contributed by atoms with Crippen molar-refractivity contribution in [1.29, 1.82) is 0 Å². The molecule has 1 nitrogen and oxygen atoms in total. The molecule has 0 saturated carbocycles. The fourth-order valence-corrected chi connectivity index (χ4v) is 0. The van der Waals surface area contributed by atoms with E-state index in [4.69, 9.17) is 5.11 Å². The van der Waals surface area contributed by atoms with Crippen LogP contribution in [-0.4, -0.2) is 37.5 Å². The van der Waals surface area contributed by atoms with Crippen molar-refractivity contribution in [2.24, 2.45) is 0 Å². The zero-order valence-corrected chi connectivity index (χ0v) is 9.18. The van der Waals surface area contributed by atoms with Crippen molar-refractivity contribution in [3.05, 3.63) is 0 Å². The van der Waals surface area contributed by atoms with Crippen LogP contribution in [0.5, 0.6) is 0 Å². The van der Waals surface area contributed by atoms with Gasteiger partial charge in [0.1, 0.15) is 0 Å². The molecule has 0 saturated heterocycles. The molecule has 0 aliphatic carbocycles. The zero-order valence-electron chi connectivity index (χ0n) is 9.18. The first-order chi connectivity index (χ1) is 4.00. The van der Waals surface area contributed by atoms with Gasteiger partial charge in [0.05, 0.1) is 0 Å². The van der Waals surface area contributed by atoms with Crippen LogP contribution in [0.25, 0.3) is 0 Å². The molecule has 12 heavy (non-hydrogen) atoms. The zero-order chi connectivity index (χ0) is 8.00. The van der Waals surface area contributed by atoms with Crippen molar-refractivity contribution in [1.82, 2.24) is 0 Å². The summed E-state index contributed by atoms with van der Waals surface area (Å²) in [5.74, 6) is 0. The Kier molecular flexibility index (Phi) is 350000. The highest BCUT2D eigenvalue weighted by molar-refractivity contribution is 5.76. The molecule has 0 atom stereocenters. The van der Waals surface area contributed by atoms with E-state index >= 15 is 0 Å². The van der Waals surface area contributed by atoms with Crippen LogP contribution in [0, 0.1) is 0 Å². The first-order valence-corrected chi connectivity index (χ1v) is 3.45. The lowest BCUT2D eigenvalue weighted by Crippen LogP contribution is -1.25. The SMILES string of the molecule is C.CC.CC.CC.CO.[B].[B].[B].